The second-order valence-corrected chi connectivity index (χ2v) is 7.56. The molecule has 0 saturated carbocycles. The monoisotopic (exact) mass is 426 g/mol. The number of ether oxygens (including phenoxy) is 1. The van der Waals surface area contributed by atoms with Crippen molar-refractivity contribution in [3.8, 4) is 5.75 Å². The Bertz CT molecular complexity index is 820. The summed E-state index contributed by atoms with van der Waals surface area (Å²) in [5.41, 5.74) is 6.01. The lowest BCUT2D eigenvalue weighted by molar-refractivity contribution is -0.274. The van der Waals surface area contributed by atoms with E-state index in [-0.39, 0.29) is 42.1 Å². The van der Waals surface area contributed by atoms with Crippen molar-refractivity contribution in [2.75, 3.05) is 13.1 Å². The number of amides is 2. The molecule has 0 bridgehead atoms. The molecule has 0 unspecified atom stereocenters. The minimum absolute atomic E-state index is 0.00717. The van der Waals surface area contributed by atoms with Gasteiger partial charge in [0.15, 0.2) is 5.69 Å². The van der Waals surface area contributed by atoms with E-state index in [1.54, 1.807) is 4.90 Å². The third kappa shape index (κ3) is 6.35. The summed E-state index contributed by atoms with van der Waals surface area (Å²) in [5, 5.41) is 2.61. The van der Waals surface area contributed by atoms with Gasteiger partial charge in [-0.3, -0.25) is 9.59 Å². The van der Waals surface area contributed by atoms with Crippen LogP contribution in [0.1, 0.15) is 32.3 Å². The van der Waals surface area contributed by atoms with E-state index in [0.717, 1.165) is 6.07 Å². The first-order valence-electron chi connectivity index (χ1n) is 9.60. The van der Waals surface area contributed by atoms with Gasteiger partial charge in [-0.2, -0.15) is 0 Å². The van der Waals surface area contributed by atoms with Crippen LogP contribution in [0.3, 0.4) is 0 Å². The summed E-state index contributed by atoms with van der Waals surface area (Å²) >= 11 is 0. The summed E-state index contributed by atoms with van der Waals surface area (Å²) in [7, 11) is 0. The first kappa shape index (κ1) is 23.5. The van der Waals surface area contributed by atoms with Crippen LogP contribution in [-0.2, 0) is 16.1 Å². The SMILES string of the molecule is [C-]#[N+]c1ccc(CNC(=O)[C@@H]2CCCN(C(=O)[C@H](N)C(C)C)C2)c(OC(F)(F)F)c1. The maximum atomic E-state index is 12.7. The molecular formula is C20H25F3N4O3. The molecule has 1 saturated heterocycles. The van der Waals surface area contributed by atoms with Crippen molar-refractivity contribution < 1.29 is 27.5 Å². The van der Waals surface area contributed by atoms with Gasteiger partial charge in [0.05, 0.1) is 18.5 Å². The summed E-state index contributed by atoms with van der Waals surface area (Å²) < 4.78 is 41.9. The van der Waals surface area contributed by atoms with E-state index in [2.05, 4.69) is 14.9 Å². The molecule has 0 spiro atoms. The molecule has 2 rings (SSSR count). The molecule has 3 N–H and O–H groups in total. The maximum Gasteiger partial charge on any atom is 0.573 e. The van der Waals surface area contributed by atoms with Crippen molar-refractivity contribution in [1.29, 1.82) is 0 Å². The molecule has 1 fully saturated rings. The van der Waals surface area contributed by atoms with Gasteiger partial charge < -0.3 is 20.7 Å². The van der Waals surface area contributed by atoms with E-state index >= 15 is 0 Å². The zero-order valence-corrected chi connectivity index (χ0v) is 16.8. The molecule has 164 valence electrons. The lowest BCUT2D eigenvalue weighted by Gasteiger charge is -2.34. The number of nitrogens with two attached hydrogens (primary N) is 1. The summed E-state index contributed by atoms with van der Waals surface area (Å²) in [6.45, 7) is 11.2. The number of hydrogen-bond donors (Lipinski definition) is 2. The Morgan fingerprint density at radius 2 is 2.10 bits per heavy atom. The molecular weight excluding hydrogens is 401 g/mol. The Morgan fingerprint density at radius 1 is 1.40 bits per heavy atom. The third-order valence-corrected chi connectivity index (χ3v) is 4.97. The molecule has 10 heteroatoms. The summed E-state index contributed by atoms with van der Waals surface area (Å²) in [4.78, 5) is 29.7. The van der Waals surface area contributed by atoms with E-state index in [0.29, 0.717) is 19.4 Å². The molecule has 7 nitrogen and oxygen atoms in total. The zero-order valence-electron chi connectivity index (χ0n) is 16.8. The minimum Gasteiger partial charge on any atom is -0.407 e. The number of hydrogen-bond acceptors (Lipinski definition) is 4. The zero-order chi connectivity index (χ0) is 22.5. The van der Waals surface area contributed by atoms with Crippen molar-refractivity contribution in [3.05, 3.63) is 35.2 Å². The standard InChI is InChI=1S/C20H25F3N4O3/c1-12(2)17(24)19(29)27-8-4-5-14(11-27)18(28)26-10-13-6-7-15(25-3)9-16(13)30-20(21,22)23/h6-7,9,12,14,17H,4-5,8,10-11,24H2,1-2H3,(H,26,28)/t14-,17-/m1/s1. The average molecular weight is 426 g/mol. The molecule has 2 amide bonds. The molecule has 0 radical (unpaired) electrons. The number of halogens is 3. The van der Waals surface area contributed by atoms with E-state index in [4.69, 9.17) is 12.3 Å². The highest BCUT2D eigenvalue weighted by Crippen LogP contribution is 2.30. The van der Waals surface area contributed by atoms with Crippen LogP contribution in [0.5, 0.6) is 5.75 Å². The van der Waals surface area contributed by atoms with Gasteiger partial charge in [-0.1, -0.05) is 26.0 Å². The number of piperidine rings is 1. The lowest BCUT2D eigenvalue weighted by atomic mass is 9.95. The van der Waals surface area contributed by atoms with Crippen LogP contribution >= 0.6 is 0 Å². The van der Waals surface area contributed by atoms with Crippen molar-refractivity contribution in [2.45, 2.75) is 45.6 Å². The fourth-order valence-corrected chi connectivity index (χ4v) is 3.19. The Morgan fingerprint density at radius 3 is 2.70 bits per heavy atom. The number of rotatable bonds is 6. The molecule has 0 aliphatic carbocycles. The second kappa shape index (κ2) is 9.80. The average Bonchev–Trinajstić information content (AvgIpc) is 2.70. The quantitative estimate of drug-likeness (QED) is 0.685. The van der Waals surface area contributed by atoms with Gasteiger partial charge >= 0.3 is 6.36 Å². The van der Waals surface area contributed by atoms with Crippen LogP contribution in [-0.4, -0.2) is 42.2 Å². The van der Waals surface area contributed by atoms with E-state index < -0.39 is 24.1 Å². The predicted octanol–water partition coefficient (Wildman–Crippen LogP) is 2.97. The van der Waals surface area contributed by atoms with Crippen LogP contribution in [0.2, 0.25) is 0 Å². The summed E-state index contributed by atoms with van der Waals surface area (Å²) in [6.07, 6.45) is -3.72. The third-order valence-electron chi connectivity index (χ3n) is 4.97. The molecule has 1 aliphatic rings. The van der Waals surface area contributed by atoms with Crippen molar-refractivity contribution in [3.63, 3.8) is 0 Å². The minimum atomic E-state index is -4.92. The van der Waals surface area contributed by atoms with Crippen LogP contribution in [0.4, 0.5) is 18.9 Å². The molecule has 0 aromatic heterocycles. The highest BCUT2D eigenvalue weighted by Gasteiger charge is 2.33. The fraction of sp³-hybridized carbons (Fsp3) is 0.550. The molecule has 1 aromatic carbocycles. The Hall–Kier alpha value is -2.80. The topological polar surface area (TPSA) is 89.0 Å². The lowest BCUT2D eigenvalue weighted by Crippen LogP contribution is -2.52. The number of nitrogens with zero attached hydrogens (tertiary/aromatic N) is 2. The van der Waals surface area contributed by atoms with Gasteiger partial charge in [0.25, 0.3) is 0 Å². The number of alkyl halides is 3. The first-order chi connectivity index (χ1) is 14.0. The Labute approximate surface area is 173 Å². The molecule has 1 aliphatic heterocycles. The van der Waals surface area contributed by atoms with E-state index in [1.165, 1.54) is 12.1 Å². The van der Waals surface area contributed by atoms with Crippen LogP contribution in [0, 0.1) is 18.4 Å². The normalized spacial score (nSPS) is 17.9. The Kier molecular flexibility index (Phi) is 7.67. The molecule has 2 atom stereocenters. The number of carbonyl (C=O) groups excluding carboxylic acids is 2. The molecule has 1 aromatic rings. The maximum absolute atomic E-state index is 12.7. The van der Waals surface area contributed by atoms with Gasteiger partial charge in [0.2, 0.25) is 11.8 Å². The van der Waals surface area contributed by atoms with Crippen molar-refractivity contribution in [1.82, 2.24) is 10.2 Å². The largest absolute Gasteiger partial charge is 0.573 e. The highest BCUT2D eigenvalue weighted by molar-refractivity contribution is 5.84. The molecule has 30 heavy (non-hydrogen) atoms. The van der Waals surface area contributed by atoms with Gasteiger partial charge in [-0.15, -0.1) is 13.2 Å². The smallest absolute Gasteiger partial charge is 0.407 e. The van der Waals surface area contributed by atoms with Crippen LogP contribution in [0.15, 0.2) is 18.2 Å². The fourth-order valence-electron chi connectivity index (χ4n) is 3.19. The number of carbonyl (C=O) groups is 2. The van der Waals surface area contributed by atoms with Gasteiger partial charge in [-0.05, 0) is 24.8 Å². The number of nitrogens with one attached hydrogen (secondary N) is 1. The first-order valence-corrected chi connectivity index (χ1v) is 9.60. The van der Waals surface area contributed by atoms with Gasteiger partial charge in [0.1, 0.15) is 5.75 Å². The van der Waals surface area contributed by atoms with Crippen molar-refractivity contribution >= 4 is 17.5 Å². The highest BCUT2D eigenvalue weighted by atomic mass is 19.4. The second-order valence-electron chi connectivity index (χ2n) is 7.56. The van der Waals surface area contributed by atoms with E-state index in [1.807, 2.05) is 13.8 Å². The predicted molar refractivity (Wildman–Crippen MR) is 103 cm³/mol. The van der Waals surface area contributed by atoms with Crippen LogP contribution in [0.25, 0.3) is 4.85 Å². The van der Waals surface area contributed by atoms with Crippen molar-refractivity contribution in [2.24, 2.45) is 17.6 Å². The Balaban J connectivity index is 2.03. The summed E-state index contributed by atoms with van der Waals surface area (Å²) in [6, 6.07) is 3.00. The van der Waals surface area contributed by atoms with Gasteiger partial charge in [-0.25, -0.2) is 4.85 Å². The summed E-state index contributed by atoms with van der Waals surface area (Å²) in [5.74, 6) is -1.61. The van der Waals surface area contributed by atoms with Crippen LogP contribution < -0.4 is 15.8 Å². The van der Waals surface area contributed by atoms with Gasteiger partial charge in [0, 0.05) is 25.2 Å². The van der Waals surface area contributed by atoms with E-state index in [9.17, 15) is 22.8 Å². The number of benzene rings is 1. The number of likely N-dealkylation sites (tertiary alicyclic amines) is 1. The molecule has 1 heterocycles.